The van der Waals surface area contributed by atoms with Crippen LogP contribution in [0.1, 0.15) is 21.6 Å². The van der Waals surface area contributed by atoms with Gasteiger partial charge >= 0.3 is 0 Å². The molecule has 1 amide bonds. The van der Waals surface area contributed by atoms with E-state index in [2.05, 4.69) is 15.6 Å². The smallest absolute Gasteiger partial charge is 0.269 e. The van der Waals surface area contributed by atoms with Crippen LogP contribution in [0.2, 0.25) is 0 Å². The Morgan fingerprint density at radius 2 is 1.90 bits per heavy atom. The first-order valence-electron chi connectivity index (χ1n) is 9.38. The molecule has 29 heavy (non-hydrogen) atoms. The van der Waals surface area contributed by atoms with Gasteiger partial charge in [0.1, 0.15) is 17.2 Å². The van der Waals surface area contributed by atoms with Crippen LogP contribution in [0.5, 0.6) is 11.5 Å². The summed E-state index contributed by atoms with van der Waals surface area (Å²) in [6.45, 7) is 2.54. The van der Waals surface area contributed by atoms with Crippen LogP contribution < -0.4 is 20.1 Å². The van der Waals surface area contributed by atoms with Crippen molar-refractivity contribution in [2.75, 3.05) is 26.1 Å². The van der Waals surface area contributed by atoms with Crippen LogP contribution in [0.3, 0.4) is 0 Å². The number of carbonyl (C=O) groups is 1. The fourth-order valence-corrected chi connectivity index (χ4v) is 2.92. The summed E-state index contributed by atoms with van der Waals surface area (Å²) >= 11 is 0. The predicted molar refractivity (Wildman–Crippen MR) is 114 cm³/mol. The summed E-state index contributed by atoms with van der Waals surface area (Å²) in [5.74, 6) is 1.35. The summed E-state index contributed by atoms with van der Waals surface area (Å²) in [5, 5.41) is 6.17. The van der Waals surface area contributed by atoms with E-state index in [1.807, 2.05) is 55.5 Å². The van der Waals surface area contributed by atoms with Gasteiger partial charge in [0.2, 0.25) is 0 Å². The molecule has 1 heterocycles. The van der Waals surface area contributed by atoms with E-state index in [1.54, 1.807) is 26.5 Å². The van der Waals surface area contributed by atoms with E-state index in [4.69, 9.17) is 9.47 Å². The van der Waals surface area contributed by atoms with Crippen molar-refractivity contribution in [1.82, 2.24) is 10.3 Å². The zero-order chi connectivity index (χ0) is 20.6. The molecule has 1 aromatic heterocycles. The molecule has 0 saturated heterocycles. The average Bonchev–Trinajstić information content (AvgIpc) is 2.74. The fourth-order valence-electron chi connectivity index (χ4n) is 2.92. The third-order valence-electron chi connectivity index (χ3n) is 4.46. The molecule has 0 fully saturated rings. The Kier molecular flexibility index (Phi) is 6.68. The second-order valence-corrected chi connectivity index (χ2v) is 6.62. The molecule has 2 N–H and O–H groups in total. The van der Waals surface area contributed by atoms with Crippen molar-refractivity contribution in [3.05, 3.63) is 77.6 Å². The summed E-state index contributed by atoms with van der Waals surface area (Å²) in [6.07, 6.45) is 2.36. The lowest BCUT2D eigenvalue weighted by Gasteiger charge is -2.12. The van der Waals surface area contributed by atoms with Crippen LogP contribution >= 0.6 is 0 Å². The van der Waals surface area contributed by atoms with Gasteiger partial charge in [0.25, 0.3) is 5.91 Å². The zero-order valence-electron chi connectivity index (χ0n) is 16.9. The topological polar surface area (TPSA) is 72.5 Å². The minimum atomic E-state index is -0.201. The van der Waals surface area contributed by atoms with Crippen molar-refractivity contribution in [2.24, 2.45) is 0 Å². The van der Waals surface area contributed by atoms with Gasteiger partial charge in [-0.1, -0.05) is 18.2 Å². The molecule has 0 aliphatic heterocycles. The molecule has 3 rings (SSSR count). The molecule has 0 spiro atoms. The number of pyridine rings is 1. The van der Waals surface area contributed by atoms with Crippen LogP contribution in [0.4, 0.5) is 11.4 Å². The van der Waals surface area contributed by atoms with Crippen LogP contribution in [0.15, 0.2) is 60.8 Å². The lowest BCUT2D eigenvalue weighted by molar-refractivity contribution is 0.0949. The van der Waals surface area contributed by atoms with E-state index in [0.29, 0.717) is 12.2 Å². The van der Waals surface area contributed by atoms with Gasteiger partial charge in [-0.3, -0.25) is 4.79 Å². The first-order chi connectivity index (χ1) is 14.1. The van der Waals surface area contributed by atoms with Gasteiger partial charge in [0, 0.05) is 6.54 Å². The van der Waals surface area contributed by atoms with Crippen molar-refractivity contribution in [2.45, 2.75) is 13.3 Å². The molecule has 0 atom stereocenters. The van der Waals surface area contributed by atoms with E-state index in [9.17, 15) is 4.79 Å². The van der Waals surface area contributed by atoms with Crippen LogP contribution in [0, 0.1) is 6.92 Å². The van der Waals surface area contributed by atoms with Crippen molar-refractivity contribution in [3.8, 4) is 11.5 Å². The van der Waals surface area contributed by atoms with Crippen molar-refractivity contribution in [1.29, 1.82) is 0 Å². The van der Waals surface area contributed by atoms with Gasteiger partial charge < -0.3 is 20.1 Å². The van der Waals surface area contributed by atoms with Gasteiger partial charge in [-0.05, 0) is 60.9 Å². The Hall–Kier alpha value is -3.54. The maximum Gasteiger partial charge on any atom is 0.269 e. The van der Waals surface area contributed by atoms with E-state index < -0.39 is 0 Å². The van der Waals surface area contributed by atoms with E-state index in [1.165, 1.54) is 0 Å². The Morgan fingerprint density at radius 3 is 2.62 bits per heavy atom. The molecule has 0 aliphatic carbocycles. The number of nitrogens with zero attached hydrogens (tertiary/aromatic N) is 1. The molecule has 6 heteroatoms. The number of amides is 1. The molecule has 6 nitrogen and oxygen atoms in total. The number of methoxy groups -OCH3 is 2. The lowest BCUT2D eigenvalue weighted by atomic mass is 10.1. The molecule has 150 valence electrons. The predicted octanol–water partition coefficient (Wildman–Crippen LogP) is 4.12. The normalized spacial score (nSPS) is 10.3. The first kappa shape index (κ1) is 20.2. The Morgan fingerprint density at radius 1 is 1.03 bits per heavy atom. The van der Waals surface area contributed by atoms with Crippen molar-refractivity contribution < 1.29 is 14.3 Å². The second-order valence-electron chi connectivity index (χ2n) is 6.62. The number of hydrogen-bond acceptors (Lipinski definition) is 5. The quantitative estimate of drug-likeness (QED) is 0.604. The minimum Gasteiger partial charge on any atom is -0.497 e. The maximum atomic E-state index is 12.3. The fraction of sp³-hybridized carbons (Fsp3) is 0.217. The highest BCUT2D eigenvalue weighted by Crippen LogP contribution is 2.28. The summed E-state index contributed by atoms with van der Waals surface area (Å²) in [7, 11) is 3.27. The van der Waals surface area contributed by atoms with Crippen LogP contribution in [-0.4, -0.2) is 31.7 Å². The third kappa shape index (κ3) is 5.48. The molecule has 0 radical (unpaired) electrons. The first-order valence-corrected chi connectivity index (χ1v) is 9.38. The zero-order valence-corrected chi connectivity index (χ0v) is 16.9. The average molecular weight is 391 g/mol. The van der Waals surface area contributed by atoms with Gasteiger partial charge in [-0.2, -0.15) is 0 Å². The molecule has 0 saturated carbocycles. The molecular formula is C23H25N3O3. The largest absolute Gasteiger partial charge is 0.497 e. The van der Waals surface area contributed by atoms with E-state index in [0.717, 1.165) is 40.4 Å². The number of nitrogens with one attached hydrogen (secondary N) is 2. The molecule has 0 unspecified atom stereocenters. The van der Waals surface area contributed by atoms with Crippen molar-refractivity contribution >= 4 is 17.3 Å². The van der Waals surface area contributed by atoms with Crippen LogP contribution in [-0.2, 0) is 6.42 Å². The standard InChI is InChI=1S/C23H25N3O3/c1-16-7-10-22(29-3)21(13-16)26-18-8-9-20(25-15-18)23(27)24-12-11-17-5-4-6-19(14-17)28-2/h4-10,13-15,26H,11-12H2,1-3H3,(H,24,27). The number of rotatable bonds is 8. The van der Waals surface area contributed by atoms with Crippen molar-refractivity contribution in [3.63, 3.8) is 0 Å². The van der Waals surface area contributed by atoms with Gasteiger partial charge in [-0.15, -0.1) is 0 Å². The van der Waals surface area contributed by atoms with Gasteiger partial charge in [0.15, 0.2) is 0 Å². The number of hydrogen-bond donors (Lipinski definition) is 2. The minimum absolute atomic E-state index is 0.201. The highest BCUT2D eigenvalue weighted by Gasteiger charge is 2.08. The SMILES string of the molecule is COc1cccc(CCNC(=O)c2ccc(Nc3cc(C)ccc3OC)cn2)c1. The highest BCUT2D eigenvalue weighted by molar-refractivity contribution is 5.92. The molecule has 2 aromatic carbocycles. The number of aromatic nitrogens is 1. The summed E-state index contributed by atoms with van der Waals surface area (Å²) in [5.41, 5.74) is 4.22. The van der Waals surface area contributed by atoms with Crippen LogP contribution in [0.25, 0.3) is 0 Å². The Labute approximate surface area is 170 Å². The highest BCUT2D eigenvalue weighted by atomic mass is 16.5. The number of anilines is 2. The monoisotopic (exact) mass is 391 g/mol. The van der Waals surface area contributed by atoms with Gasteiger partial charge in [0.05, 0.1) is 31.8 Å². The summed E-state index contributed by atoms with van der Waals surface area (Å²) in [6, 6.07) is 17.2. The Bertz CT molecular complexity index is 971. The second kappa shape index (κ2) is 9.59. The summed E-state index contributed by atoms with van der Waals surface area (Å²) in [4.78, 5) is 16.6. The number of ether oxygens (including phenoxy) is 2. The molecular weight excluding hydrogens is 366 g/mol. The lowest BCUT2D eigenvalue weighted by Crippen LogP contribution is -2.26. The summed E-state index contributed by atoms with van der Waals surface area (Å²) < 4.78 is 10.6. The molecule has 0 aliphatic rings. The molecule has 0 bridgehead atoms. The van der Waals surface area contributed by atoms with E-state index >= 15 is 0 Å². The Balaban J connectivity index is 1.56. The van der Waals surface area contributed by atoms with Gasteiger partial charge in [-0.25, -0.2) is 4.98 Å². The molecule has 3 aromatic rings. The number of aryl methyl sites for hydroxylation is 1. The number of carbonyl (C=O) groups excluding carboxylic acids is 1. The maximum absolute atomic E-state index is 12.3. The third-order valence-corrected chi connectivity index (χ3v) is 4.46. The number of benzene rings is 2. The van der Waals surface area contributed by atoms with E-state index in [-0.39, 0.29) is 5.91 Å².